The molecule has 1 aliphatic rings. The van der Waals surface area contributed by atoms with Crippen molar-refractivity contribution in [2.75, 3.05) is 32.7 Å². The summed E-state index contributed by atoms with van der Waals surface area (Å²) in [5.74, 6) is 0.139. The molecule has 1 saturated heterocycles. The third kappa shape index (κ3) is 3.18. The van der Waals surface area contributed by atoms with Crippen molar-refractivity contribution in [2.24, 2.45) is 11.1 Å². The summed E-state index contributed by atoms with van der Waals surface area (Å²) in [5.41, 5.74) is 6.18. The van der Waals surface area contributed by atoms with Crippen molar-refractivity contribution in [3.05, 3.63) is 23.3 Å². The van der Waals surface area contributed by atoms with E-state index in [0.717, 1.165) is 23.1 Å². The van der Waals surface area contributed by atoms with E-state index in [1.165, 1.54) is 11.3 Å². The van der Waals surface area contributed by atoms with E-state index in [4.69, 9.17) is 10.2 Å². The fourth-order valence-corrected chi connectivity index (χ4v) is 4.35. The maximum Gasteiger partial charge on any atom is 0.264 e. The van der Waals surface area contributed by atoms with Crippen LogP contribution in [0.15, 0.2) is 22.8 Å². The number of nitrogens with zero attached hydrogens (tertiary/aromatic N) is 2. The van der Waals surface area contributed by atoms with Crippen LogP contribution >= 0.6 is 11.3 Å². The number of thiophene rings is 1. The van der Waals surface area contributed by atoms with Gasteiger partial charge in [-0.1, -0.05) is 13.8 Å². The summed E-state index contributed by atoms with van der Waals surface area (Å²) in [6.45, 7) is 6.63. The molecule has 1 fully saturated rings. The zero-order valence-electron chi connectivity index (χ0n) is 14.8. The topological polar surface area (TPSA) is 79.8 Å². The molecule has 2 aromatic heterocycles. The highest BCUT2D eigenvalue weighted by atomic mass is 32.1. The van der Waals surface area contributed by atoms with Gasteiger partial charge in [-0.2, -0.15) is 0 Å². The number of hydrogen-bond acceptors (Lipinski definition) is 5. The molecular formula is C18H25N3O3S. The molecule has 2 N–H and O–H groups in total. The number of carbonyl (C=O) groups is 2. The van der Waals surface area contributed by atoms with Gasteiger partial charge in [-0.15, -0.1) is 11.3 Å². The lowest BCUT2D eigenvalue weighted by atomic mass is 9.81. The SMILES string of the molecule is CCC(CC)(CN)C(=O)N1CCN(C(=O)c2cc3occc3s2)CC1. The number of rotatable bonds is 5. The van der Waals surface area contributed by atoms with Gasteiger partial charge in [0.2, 0.25) is 5.91 Å². The number of furan rings is 1. The standard InChI is InChI=1S/C18H25N3O3S/c1-3-18(4-2,12-19)17(23)21-8-6-20(7-9-21)16(22)15-11-13-14(25-15)5-10-24-13/h5,10-11H,3-4,6-9,12,19H2,1-2H3. The first-order chi connectivity index (χ1) is 12.0. The third-order valence-corrected chi connectivity index (χ3v) is 6.47. The molecule has 0 unspecified atom stereocenters. The molecule has 0 saturated carbocycles. The fourth-order valence-electron chi connectivity index (χ4n) is 3.40. The monoisotopic (exact) mass is 363 g/mol. The molecule has 0 atom stereocenters. The number of piperazine rings is 1. The average molecular weight is 363 g/mol. The highest BCUT2D eigenvalue weighted by Gasteiger charge is 2.38. The second kappa shape index (κ2) is 7.17. The van der Waals surface area contributed by atoms with Crippen molar-refractivity contribution < 1.29 is 14.0 Å². The molecule has 3 heterocycles. The van der Waals surface area contributed by atoms with Crippen LogP contribution in [0.25, 0.3) is 10.3 Å². The fraction of sp³-hybridized carbons (Fsp3) is 0.556. The summed E-state index contributed by atoms with van der Waals surface area (Å²) < 4.78 is 6.32. The summed E-state index contributed by atoms with van der Waals surface area (Å²) in [6, 6.07) is 3.67. The second-order valence-corrected chi connectivity index (χ2v) is 7.62. The van der Waals surface area contributed by atoms with Gasteiger partial charge in [-0.25, -0.2) is 0 Å². The summed E-state index contributed by atoms with van der Waals surface area (Å²) >= 11 is 1.45. The van der Waals surface area contributed by atoms with Crippen LogP contribution in [-0.2, 0) is 4.79 Å². The van der Waals surface area contributed by atoms with E-state index >= 15 is 0 Å². The molecule has 3 rings (SSSR count). The molecule has 2 aromatic rings. The zero-order chi connectivity index (χ0) is 18.0. The molecule has 0 radical (unpaired) electrons. The maximum absolute atomic E-state index is 12.9. The van der Waals surface area contributed by atoms with Crippen LogP contribution in [0.4, 0.5) is 0 Å². The van der Waals surface area contributed by atoms with Gasteiger partial charge in [0.25, 0.3) is 5.91 Å². The number of fused-ring (bicyclic) bond motifs is 1. The molecule has 2 amide bonds. The van der Waals surface area contributed by atoms with Gasteiger partial charge in [0, 0.05) is 38.8 Å². The molecule has 1 aliphatic heterocycles. The zero-order valence-corrected chi connectivity index (χ0v) is 15.6. The molecule has 0 spiro atoms. The van der Waals surface area contributed by atoms with Gasteiger partial charge in [-0.3, -0.25) is 9.59 Å². The van der Waals surface area contributed by atoms with Crippen molar-refractivity contribution in [3.8, 4) is 0 Å². The maximum atomic E-state index is 12.9. The quantitative estimate of drug-likeness (QED) is 0.885. The Morgan fingerprint density at radius 2 is 1.84 bits per heavy atom. The van der Waals surface area contributed by atoms with Gasteiger partial charge in [0.1, 0.15) is 5.58 Å². The van der Waals surface area contributed by atoms with Gasteiger partial charge in [0.05, 0.1) is 21.3 Å². The largest absolute Gasteiger partial charge is 0.463 e. The highest BCUT2D eigenvalue weighted by molar-refractivity contribution is 7.20. The minimum absolute atomic E-state index is 0.0135. The van der Waals surface area contributed by atoms with Crippen molar-refractivity contribution in [1.29, 1.82) is 0 Å². The van der Waals surface area contributed by atoms with Crippen LogP contribution in [0.3, 0.4) is 0 Å². The number of amides is 2. The lowest BCUT2D eigenvalue weighted by Gasteiger charge is -2.40. The first-order valence-electron chi connectivity index (χ1n) is 8.80. The lowest BCUT2D eigenvalue weighted by Crippen LogP contribution is -2.55. The summed E-state index contributed by atoms with van der Waals surface area (Å²) in [6.07, 6.45) is 3.11. The Balaban J connectivity index is 1.64. The number of hydrogen-bond donors (Lipinski definition) is 1. The molecule has 136 valence electrons. The van der Waals surface area contributed by atoms with E-state index in [9.17, 15) is 9.59 Å². The van der Waals surface area contributed by atoms with Crippen molar-refractivity contribution in [1.82, 2.24) is 9.80 Å². The van der Waals surface area contributed by atoms with Crippen LogP contribution in [0.1, 0.15) is 36.4 Å². The Morgan fingerprint density at radius 3 is 2.40 bits per heavy atom. The van der Waals surface area contributed by atoms with Gasteiger partial charge < -0.3 is 20.0 Å². The first-order valence-corrected chi connectivity index (χ1v) is 9.62. The first kappa shape index (κ1) is 17.9. The predicted octanol–water partition coefficient (Wildman–Crippen LogP) is 2.54. The number of nitrogens with two attached hydrogens (primary N) is 1. The van der Waals surface area contributed by atoms with Crippen LogP contribution in [0, 0.1) is 5.41 Å². The normalized spacial score (nSPS) is 15.8. The summed E-state index contributed by atoms with van der Waals surface area (Å²) in [5, 5.41) is 0. The minimum Gasteiger partial charge on any atom is -0.463 e. The molecule has 0 aliphatic carbocycles. The molecule has 0 aromatic carbocycles. The van der Waals surface area contributed by atoms with E-state index < -0.39 is 5.41 Å². The third-order valence-electron chi connectivity index (χ3n) is 5.40. The Morgan fingerprint density at radius 1 is 1.20 bits per heavy atom. The van der Waals surface area contributed by atoms with Crippen molar-refractivity contribution >= 4 is 33.4 Å². The van der Waals surface area contributed by atoms with Gasteiger partial charge >= 0.3 is 0 Å². The Kier molecular flexibility index (Phi) is 5.15. The Hall–Kier alpha value is -1.86. The molecule has 6 nitrogen and oxygen atoms in total. The van der Waals surface area contributed by atoms with Gasteiger partial charge in [0.15, 0.2) is 0 Å². The van der Waals surface area contributed by atoms with Crippen molar-refractivity contribution in [2.45, 2.75) is 26.7 Å². The number of carbonyl (C=O) groups excluding carboxylic acids is 2. The van der Waals surface area contributed by atoms with Crippen molar-refractivity contribution in [3.63, 3.8) is 0 Å². The molecular weight excluding hydrogens is 338 g/mol. The van der Waals surface area contributed by atoms with E-state index in [2.05, 4.69) is 0 Å². The van der Waals surface area contributed by atoms with Crippen LogP contribution < -0.4 is 5.73 Å². The summed E-state index contributed by atoms with van der Waals surface area (Å²) in [7, 11) is 0. The predicted molar refractivity (Wildman–Crippen MR) is 98.6 cm³/mol. The van der Waals surface area contributed by atoms with E-state index in [0.29, 0.717) is 37.6 Å². The smallest absolute Gasteiger partial charge is 0.264 e. The molecule has 25 heavy (non-hydrogen) atoms. The van der Waals surface area contributed by atoms with Crippen LogP contribution in [0.5, 0.6) is 0 Å². The Labute approximate surface area is 151 Å². The highest BCUT2D eigenvalue weighted by Crippen LogP contribution is 2.30. The van der Waals surface area contributed by atoms with Crippen LogP contribution in [-0.4, -0.2) is 54.3 Å². The van der Waals surface area contributed by atoms with E-state index in [1.807, 2.05) is 29.7 Å². The average Bonchev–Trinajstić information content (AvgIpc) is 3.25. The van der Waals surface area contributed by atoms with E-state index in [1.54, 1.807) is 12.3 Å². The second-order valence-electron chi connectivity index (χ2n) is 6.54. The lowest BCUT2D eigenvalue weighted by molar-refractivity contribution is -0.143. The molecule has 0 bridgehead atoms. The van der Waals surface area contributed by atoms with E-state index in [-0.39, 0.29) is 11.8 Å². The molecule has 7 heteroatoms. The minimum atomic E-state index is -0.468. The summed E-state index contributed by atoms with van der Waals surface area (Å²) in [4.78, 5) is 29.9. The van der Waals surface area contributed by atoms with Crippen LogP contribution in [0.2, 0.25) is 0 Å². The Bertz CT molecular complexity index is 718. The van der Waals surface area contributed by atoms with Gasteiger partial charge in [-0.05, 0) is 18.9 Å².